The second kappa shape index (κ2) is 8.85. The average molecular weight is 372 g/mol. The van der Waals surface area contributed by atoms with E-state index in [1.54, 1.807) is 12.1 Å². The number of carbonyl (C=O) groups excluding carboxylic acids is 1. The van der Waals surface area contributed by atoms with Gasteiger partial charge in [-0.2, -0.15) is 0 Å². The molecule has 0 unspecified atom stereocenters. The summed E-state index contributed by atoms with van der Waals surface area (Å²) in [5.41, 5.74) is 3.96. The summed E-state index contributed by atoms with van der Waals surface area (Å²) in [6, 6.07) is 12.6. The van der Waals surface area contributed by atoms with Crippen LogP contribution in [0.15, 0.2) is 42.5 Å². The average Bonchev–Trinajstić information content (AvgIpc) is 2.61. The third kappa shape index (κ3) is 5.08. The number of carbonyl (C=O) groups is 1. The third-order valence-corrected chi connectivity index (χ3v) is 5.41. The Balaban J connectivity index is 2.01. The SMILES string of the molecule is Cc1cccc(C(C)C)c1NC(=O)CS[C@H](C)c1cccc([N+](=O)[O-])c1. The number of nitrogens with zero attached hydrogens (tertiary/aromatic N) is 1. The van der Waals surface area contributed by atoms with Crippen LogP contribution < -0.4 is 5.32 Å². The number of benzene rings is 2. The lowest BCUT2D eigenvalue weighted by molar-refractivity contribution is -0.384. The van der Waals surface area contributed by atoms with Crippen LogP contribution in [-0.4, -0.2) is 16.6 Å². The minimum Gasteiger partial charge on any atom is -0.325 e. The van der Waals surface area contributed by atoms with Crippen molar-refractivity contribution in [3.05, 3.63) is 69.3 Å². The second-order valence-electron chi connectivity index (χ2n) is 6.55. The predicted octanol–water partition coefficient (Wildman–Crippen LogP) is 5.46. The Bertz CT molecular complexity index is 805. The van der Waals surface area contributed by atoms with Crippen molar-refractivity contribution in [2.45, 2.75) is 38.9 Å². The standard InChI is InChI=1S/C20H24N2O3S/c1-13(2)18-10-5-7-14(3)20(18)21-19(23)12-26-15(4)16-8-6-9-17(11-16)22(24)25/h5-11,13,15H,12H2,1-4H3,(H,21,23)/t15-/m1/s1. The molecule has 0 bridgehead atoms. The summed E-state index contributed by atoms with van der Waals surface area (Å²) in [7, 11) is 0. The molecule has 6 heteroatoms. The summed E-state index contributed by atoms with van der Waals surface area (Å²) in [4.78, 5) is 22.9. The number of rotatable bonds is 7. The number of hydrogen-bond acceptors (Lipinski definition) is 4. The third-order valence-electron chi connectivity index (χ3n) is 4.21. The molecule has 0 radical (unpaired) electrons. The summed E-state index contributed by atoms with van der Waals surface area (Å²) in [5, 5.41) is 13.9. The first kappa shape index (κ1) is 20.0. The van der Waals surface area contributed by atoms with E-state index in [-0.39, 0.29) is 22.6 Å². The Morgan fingerprint density at radius 3 is 2.54 bits per heavy atom. The Labute approximate surface area is 158 Å². The Morgan fingerprint density at radius 2 is 1.88 bits per heavy atom. The predicted molar refractivity (Wildman–Crippen MR) is 108 cm³/mol. The van der Waals surface area contributed by atoms with Crippen LogP contribution in [0.2, 0.25) is 0 Å². The van der Waals surface area contributed by atoms with E-state index in [2.05, 4.69) is 19.2 Å². The molecule has 0 spiro atoms. The molecule has 0 fully saturated rings. The van der Waals surface area contributed by atoms with Crippen LogP contribution in [0.3, 0.4) is 0 Å². The fourth-order valence-corrected chi connectivity index (χ4v) is 3.52. The van der Waals surface area contributed by atoms with Crippen molar-refractivity contribution in [1.29, 1.82) is 0 Å². The molecule has 0 heterocycles. The topological polar surface area (TPSA) is 72.2 Å². The summed E-state index contributed by atoms with van der Waals surface area (Å²) in [5.74, 6) is 0.542. The van der Waals surface area contributed by atoms with Crippen molar-refractivity contribution in [1.82, 2.24) is 0 Å². The number of amides is 1. The smallest absolute Gasteiger partial charge is 0.269 e. The molecular weight excluding hydrogens is 348 g/mol. The van der Waals surface area contributed by atoms with Gasteiger partial charge in [0.1, 0.15) is 0 Å². The fourth-order valence-electron chi connectivity index (χ4n) is 2.71. The van der Waals surface area contributed by atoms with Gasteiger partial charge >= 0.3 is 0 Å². The van der Waals surface area contributed by atoms with Crippen molar-refractivity contribution in [2.75, 3.05) is 11.1 Å². The second-order valence-corrected chi connectivity index (χ2v) is 7.88. The zero-order chi connectivity index (χ0) is 19.3. The molecule has 0 aliphatic rings. The van der Waals surface area contributed by atoms with Gasteiger partial charge in [0.15, 0.2) is 0 Å². The molecule has 0 aliphatic heterocycles. The number of hydrogen-bond donors (Lipinski definition) is 1. The molecule has 1 N–H and O–H groups in total. The molecule has 2 aromatic carbocycles. The van der Waals surface area contributed by atoms with E-state index in [9.17, 15) is 14.9 Å². The highest BCUT2D eigenvalue weighted by Gasteiger charge is 2.15. The Morgan fingerprint density at radius 1 is 1.19 bits per heavy atom. The van der Waals surface area contributed by atoms with Crippen LogP contribution in [0.4, 0.5) is 11.4 Å². The lowest BCUT2D eigenvalue weighted by atomic mass is 9.98. The Hall–Kier alpha value is -2.34. The number of nitro groups is 1. The summed E-state index contributed by atoms with van der Waals surface area (Å²) < 4.78 is 0. The minimum atomic E-state index is -0.404. The zero-order valence-electron chi connectivity index (χ0n) is 15.5. The van der Waals surface area contributed by atoms with E-state index in [0.717, 1.165) is 22.4 Å². The molecule has 5 nitrogen and oxygen atoms in total. The molecule has 0 aromatic heterocycles. The maximum absolute atomic E-state index is 12.4. The monoisotopic (exact) mass is 372 g/mol. The highest BCUT2D eigenvalue weighted by atomic mass is 32.2. The summed E-state index contributed by atoms with van der Waals surface area (Å²) in [6.07, 6.45) is 0. The number of non-ortho nitro benzene ring substituents is 1. The van der Waals surface area contributed by atoms with E-state index in [1.807, 2.05) is 38.1 Å². The van der Waals surface area contributed by atoms with Gasteiger partial charge < -0.3 is 5.32 Å². The molecule has 0 saturated heterocycles. The first-order chi connectivity index (χ1) is 12.3. The quantitative estimate of drug-likeness (QED) is 0.517. The van der Waals surface area contributed by atoms with Crippen molar-refractivity contribution in [3.8, 4) is 0 Å². The van der Waals surface area contributed by atoms with E-state index in [1.165, 1.54) is 17.8 Å². The van der Waals surface area contributed by atoms with Gasteiger partial charge in [0.2, 0.25) is 5.91 Å². The normalized spacial score (nSPS) is 12.0. The van der Waals surface area contributed by atoms with Gasteiger partial charge in [-0.05, 0) is 36.5 Å². The molecule has 1 atom stereocenters. The van der Waals surface area contributed by atoms with Crippen LogP contribution in [0, 0.1) is 17.0 Å². The van der Waals surface area contributed by atoms with Crippen molar-refractivity contribution in [3.63, 3.8) is 0 Å². The van der Waals surface area contributed by atoms with E-state index in [0.29, 0.717) is 5.92 Å². The van der Waals surface area contributed by atoms with Crippen molar-refractivity contribution >= 4 is 29.0 Å². The number of thioether (sulfide) groups is 1. The number of para-hydroxylation sites is 1. The molecule has 1 amide bonds. The number of anilines is 1. The summed E-state index contributed by atoms with van der Waals surface area (Å²) in [6.45, 7) is 8.14. The van der Waals surface area contributed by atoms with Gasteiger partial charge in [-0.25, -0.2) is 0 Å². The van der Waals surface area contributed by atoms with Gasteiger partial charge in [0.05, 0.1) is 10.7 Å². The first-order valence-corrected chi connectivity index (χ1v) is 9.59. The maximum atomic E-state index is 12.4. The van der Waals surface area contributed by atoms with Crippen molar-refractivity contribution < 1.29 is 9.72 Å². The Kier molecular flexibility index (Phi) is 6.80. The largest absolute Gasteiger partial charge is 0.325 e. The molecule has 2 aromatic rings. The van der Waals surface area contributed by atoms with Crippen LogP contribution in [-0.2, 0) is 4.79 Å². The highest BCUT2D eigenvalue weighted by molar-refractivity contribution is 8.00. The lowest BCUT2D eigenvalue weighted by Gasteiger charge is -2.17. The van der Waals surface area contributed by atoms with Crippen LogP contribution in [0.5, 0.6) is 0 Å². The molecule has 138 valence electrons. The highest BCUT2D eigenvalue weighted by Crippen LogP contribution is 2.31. The number of nitrogens with one attached hydrogen (secondary N) is 1. The number of nitro benzene ring substituents is 1. The van der Waals surface area contributed by atoms with Crippen molar-refractivity contribution in [2.24, 2.45) is 0 Å². The molecule has 0 saturated carbocycles. The van der Waals surface area contributed by atoms with Gasteiger partial charge in [0, 0.05) is 23.1 Å². The van der Waals surface area contributed by atoms with E-state index >= 15 is 0 Å². The zero-order valence-corrected chi connectivity index (χ0v) is 16.3. The molecule has 2 rings (SSSR count). The minimum absolute atomic E-state index is 0.0120. The van der Waals surface area contributed by atoms with Gasteiger partial charge in [-0.1, -0.05) is 44.2 Å². The lowest BCUT2D eigenvalue weighted by Crippen LogP contribution is -2.17. The van der Waals surface area contributed by atoms with Crippen LogP contribution in [0.1, 0.15) is 48.6 Å². The van der Waals surface area contributed by atoms with Gasteiger partial charge in [-0.15, -0.1) is 11.8 Å². The van der Waals surface area contributed by atoms with E-state index in [4.69, 9.17) is 0 Å². The number of aryl methyl sites for hydroxylation is 1. The first-order valence-electron chi connectivity index (χ1n) is 8.55. The maximum Gasteiger partial charge on any atom is 0.269 e. The molecular formula is C20H24N2O3S. The van der Waals surface area contributed by atoms with Gasteiger partial charge in [0.25, 0.3) is 5.69 Å². The van der Waals surface area contributed by atoms with Crippen LogP contribution >= 0.6 is 11.8 Å². The molecule has 0 aliphatic carbocycles. The molecule has 26 heavy (non-hydrogen) atoms. The summed E-state index contributed by atoms with van der Waals surface area (Å²) >= 11 is 1.46. The fraction of sp³-hybridized carbons (Fsp3) is 0.350. The van der Waals surface area contributed by atoms with Crippen LogP contribution in [0.25, 0.3) is 0 Å². The van der Waals surface area contributed by atoms with E-state index < -0.39 is 4.92 Å². The van der Waals surface area contributed by atoms with Gasteiger partial charge in [-0.3, -0.25) is 14.9 Å².